The molecule has 4 heteroatoms. The van der Waals surface area contributed by atoms with Gasteiger partial charge in [-0.15, -0.1) is 0 Å². The van der Waals surface area contributed by atoms with Crippen molar-refractivity contribution in [2.45, 2.75) is 44.9 Å². The van der Waals surface area contributed by atoms with Crippen LogP contribution in [0.15, 0.2) is 28.8 Å². The molecule has 0 bridgehead atoms. The summed E-state index contributed by atoms with van der Waals surface area (Å²) in [5.41, 5.74) is 2.54. The minimum absolute atomic E-state index is 0.0489. The van der Waals surface area contributed by atoms with Crippen molar-refractivity contribution in [1.82, 2.24) is 15.5 Å². The maximum absolute atomic E-state index is 5.60. The van der Waals surface area contributed by atoms with E-state index in [-0.39, 0.29) is 5.41 Å². The number of nitrogens with one attached hydrogen (secondary N) is 1. The summed E-state index contributed by atoms with van der Waals surface area (Å²) in [6, 6.07) is 8.50. The summed E-state index contributed by atoms with van der Waals surface area (Å²) < 4.78 is 5.60. The predicted octanol–water partition coefficient (Wildman–Crippen LogP) is 3.00. The Morgan fingerprint density at radius 1 is 1.29 bits per heavy atom. The number of nitrogens with zero attached hydrogens (tertiary/aromatic N) is 2. The van der Waals surface area contributed by atoms with Crippen molar-refractivity contribution in [2.75, 3.05) is 13.1 Å². The first-order chi connectivity index (χ1) is 10.2. The van der Waals surface area contributed by atoms with Crippen LogP contribution in [-0.4, -0.2) is 23.2 Å². The van der Waals surface area contributed by atoms with Crippen LogP contribution in [0.4, 0.5) is 0 Å². The molecular formula is C17H23N3O. The van der Waals surface area contributed by atoms with Crippen molar-refractivity contribution in [1.29, 1.82) is 0 Å². The summed E-state index contributed by atoms with van der Waals surface area (Å²) in [5.74, 6) is 1.60. The fourth-order valence-corrected chi connectivity index (χ4v) is 3.15. The molecule has 0 saturated carbocycles. The van der Waals surface area contributed by atoms with Crippen LogP contribution in [0.5, 0.6) is 0 Å². The largest absolute Gasteiger partial charge is 0.339 e. The molecule has 0 amide bonds. The highest BCUT2D eigenvalue weighted by atomic mass is 16.5. The van der Waals surface area contributed by atoms with Gasteiger partial charge in [-0.1, -0.05) is 48.3 Å². The van der Waals surface area contributed by atoms with Crippen molar-refractivity contribution in [3.63, 3.8) is 0 Å². The second kappa shape index (κ2) is 5.98. The molecule has 1 aromatic carbocycles. The molecule has 4 nitrogen and oxygen atoms in total. The molecule has 1 N–H and O–H groups in total. The highest BCUT2D eigenvalue weighted by Gasteiger charge is 2.39. The number of benzene rings is 1. The number of aromatic nitrogens is 2. The first kappa shape index (κ1) is 14.3. The topological polar surface area (TPSA) is 51.0 Å². The summed E-state index contributed by atoms with van der Waals surface area (Å²) in [5, 5.41) is 7.63. The summed E-state index contributed by atoms with van der Waals surface area (Å²) in [7, 11) is 0. The Balaban J connectivity index is 1.77. The molecule has 0 spiro atoms. The predicted molar refractivity (Wildman–Crippen MR) is 82.4 cm³/mol. The quantitative estimate of drug-likeness (QED) is 0.917. The lowest BCUT2D eigenvalue weighted by molar-refractivity contribution is 0.276. The van der Waals surface area contributed by atoms with E-state index < -0.39 is 0 Å². The molecule has 1 aromatic heterocycles. The Morgan fingerprint density at radius 2 is 2.10 bits per heavy atom. The van der Waals surface area contributed by atoms with Gasteiger partial charge in [-0.2, -0.15) is 4.98 Å². The van der Waals surface area contributed by atoms with Crippen LogP contribution < -0.4 is 5.32 Å². The van der Waals surface area contributed by atoms with Crippen LogP contribution in [-0.2, 0) is 11.8 Å². The molecule has 0 radical (unpaired) electrons. The van der Waals surface area contributed by atoms with E-state index in [0.29, 0.717) is 0 Å². The van der Waals surface area contributed by atoms with E-state index in [0.717, 1.165) is 50.5 Å². The average molecular weight is 285 g/mol. The van der Waals surface area contributed by atoms with E-state index in [4.69, 9.17) is 4.52 Å². The Morgan fingerprint density at radius 3 is 2.76 bits per heavy atom. The van der Waals surface area contributed by atoms with Gasteiger partial charge >= 0.3 is 0 Å². The van der Waals surface area contributed by atoms with E-state index >= 15 is 0 Å². The van der Waals surface area contributed by atoms with Crippen molar-refractivity contribution >= 4 is 0 Å². The van der Waals surface area contributed by atoms with E-state index in [9.17, 15) is 0 Å². The van der Waals surface area contributed by atoms with Crippen LogP contribution in [0.25, 0.3) is 0 Å². The van der Waals surface area contributed by atoms with Crippen LogP contribution in [0.2, 0.25) is 0 Å². The Kier molecular flexibility index (Phi) is 4.06. The fraction of sp³-hybridized carbons (Fsp3) is 0.529. The lowest BCUT2D eigenvalue weighted by Gasteiger charge is -2.22. The molecule has 1 saturated heterocycles. The zero-order valence-electron chi connectivity index (χ0n) is 12.9. The minimum Gasteiger partial charge on any atom is -0.339 e. The van der Waals surface area contributed by atoms with Gasteiger partial charge in [-0.3, -0.25) is 0 Å². The van der Waals surface area contributed by atoms with Gasteiger partial charge in [0.15, 0.2) is 5.82 Å². The standard InChI is InChI=1S/C17H23N3O/c1-3-8-17(9-10-18-12-17)16-19-15(20-21-16)11-14-6-4-13(2)5-7-14/h4-7,18H,3,8-12H2,1-2H3. The van der Waals surface area contributed by atoms with Crippen LogP contribution in [0.3, 0.4) is 0 Å². The lowest BCUT2D eigenvalue weighted by atomic mass is 9.82. The maximum Gasteiger partial charge on any atom is 0.234 e. The fourth-order valence-electron chi connectivity index (χ4n) is 3.15. The second-order valence-corrected chi connectivity index (χ2v) is 6.14. The average Bonchev–Trinajstić information content (AvgIpc) is 3.12. The third kappa shape index (κ3) is 3.00. The molecule has 2 heterocycles. The Hall–Kier alpha value is -1.68. The van der Waals surface area contributed by atoms with Crippen molar-refractivity contribution in [3.8, 4) is 0 Å². The van der Waals surface area contributed by atoms with E-state index in [2.05, 4.69) is 53.6 Å². The van der Waals surface area contributed by atoms with Gasteiger partial charge in [0, 0.05) is 13.0 Å². The molecule has 1 atom stereocenters. The van der Waals surface area contributed by atoms with Crippen molar-refractivity contribution < 1.29 is 4.52 Å². The van der Waals surface area contributed by atoms with Crippen LogP contribution in [0, 0.1) is 6.92 Å². The highest BCUT2D eigenvalue weighted by Crippen LogP contribution is 2.34. The second-order valence-electron chi connectivity index (χ2n) is 6.14. The maximum atomic E-state index is 5.60. The van der Waals surface area contributed by atoms with Gasteiger partial charge in [0.2, 0.25) is 5.89 Å². The SMILES string of the molecule is CCCC1(c2nc(Cc3ccc(C)cc3)no2)CCNC1. The molecule has 1 unspecified atom stereocenters. The minimum atomic E-state index is 0.0489. The number of aryl methyl sites for hydroxylation is 1. The van der Waals surface area contributed by atoms with E-state index in [1.165, 1.54) is 11.1 Å². The summed E-state index contributed by atoms with van der Waals surface area (Å²) in [6.07, 6.45) is 4.07. The zero-order valence-corrected chi connectivity index (χ0v) is 12.9. The van der Waals surface area contributed by atoms with E-state index in [1.807, 2.05) is 0 Å². The third-order valence-corrected chi connectivity index (χ3v) is 4.38. The first-order valence-corrected chi connectivity index (χ1v) is 7.81. The molecule has 1 fully saturated rings. The molecule has 1 aliphatic heterocycles. The van der Waals surface area contributed by atoms with Gasteiger partial charge in [-0.05, 0) is 31.9 Å². The van der Waals surface area contributed by atoms with Gasteiger partial charge in [0.1, 0.15) is 0 Å². The Bertz CT molecular complexity index is 582. The van der Waals surface area contributed by atoms with Crippen molar-refractivity contribution in [3.05, 3.63) is 47.1 Å². The van der Waals surface area contributed by atoms with Gasteiger partial charge in [0.25, 0.3) is 0 Å². The molecule has 0 aliphatic carbocycles. The molecule has 3 rings (SSSR count). The van der Waals surface area contributed by atoms with Crippen LogP contribution in [0.1, 0.15) is 49.0 Å². The summed E-state index contributed by atoms with van der Waals surface area (Å²) in [6.45, 7) is 6.30. The van der Waals surface area contributed by atoms with Crippen molar-refractivity contribution in [2.24, 2.45) is 0 Å². The summed E-state index contributed by atoms with van der Waals surface area (Å²) in [4.78, 5) is 4.68. The smallest absolute Gasteiger partial charge is 0.234 e. The van der Waals surface area contributed by atoms with E-state index in [1.54, 1.807) is 0 Å². The normalized spacial score (nSPS) is 21.8. The number of rotatable bonds is 5. The van der Waals surface area contributed by atoms with Gasteiger partial charge in [0.05, 0.1) is 5.41 Å². The van der Waals surface area contributed by atoms with Crippen LogP contribution >= 0.6 is 0 Å². The number of hydrogen-bond acceptors (Lipinski definition) is 4. The monoisotopic (exact) mass is 285 g/mol. The molecule has 21 heavy (non-hydrogen) atoms. The number of hydrogen-bond donors (Lipinski definition) is 1. The summed E-state index contributed by atoms with van der Waals surface area (Å²) >= 11 is 0. The third-order valence-electron chi connectivity index (χ3n) is 4.38. The zero-order chi connectivity index (χ0) is 14.7. The Labute approximate surface area is 126 Å². The van der Waals surface area contributed by atoms with Gasteiger partial charge in [-0.25, -0.2) is 0 Å². The molecule has 2 aromatic rings. The molecule has 112 valence electrons. The highest BCUT2D eigenvalue weighted by molar-refractivity contribution is 5.24. The first-order valence-electron chi connectivity index (χ1n) is 7.81. The van der Waals surface area contributed by atoms with Gasteiger partial charge < -0.3 is 9.84 Å². The molecule has 1 aliphatic rings. The molecular weight excluding hydrogens is 262 g/mol. The lowest BCUT2D eigenvalue weighted by Crippen LogP contribution is -2.29.